The van der Waals surface area contributed by atoms with Gasteiger partial charge in [0.1, 0.15) is 35.2 Å². The van der Waals surface area contributed by atoms with E-state index in [4.69, 9.17) is 99.5 Å². The summed E-state index contributed by atoms with van der Waals surface area (Å²) in [6.07, 6.45) is -2.14. The molecule has 0 spiro atoms. The van der Waals surface area contributed by atoms with Gasteiger partial charge in [-0.25, -0.2) is 32.9 Å². The lowest BCUT2D eigenvalue weighted by Crippen LogP contribution is -2.44. The minimum atomic E-state index is -5.81. The van der Waals surface area contributed by atoms with Crippen LogP contribution in [0.2, 0.25) is 0 Å². The van der Waals surface area contributed by atoms with Gasteiger partial charge in [0.05, 0.1) is 76.5 Å². The number of alkyl carbamates (subject to hydrolysis) is 2. The fourth-order valence-corrected chi connectivity index (χ4v) is 14.5. The number of unbranched alkanes of at least 4 members (excludes halogenated alkanes) is 1. The number of fused-ring (bicyclic) bond motifs is 2. The molecule has 6 atom stereocenters. The van der Waals surface area contributed by atoms with E-state index in [2.05, 4.69) is 48.0 Å². The van der Waals surface area contributed by atoms with Gasteiger partial charge in [-0.05, 0) is 91.5 Å². The van der Waals surface area contributed by atoms with Crippen LogP contribution in [-0.2, 0) is 102 Å². The van der Waals surface area contributed by atoms with Crippen molar-refractivity contribution in [1.82, 2.24) is 25.5 Å². The molecule has 2 aromatic carbocycles. The van der Waals surface area contributed by atoms with Gasteiger partial charge in [0, 0.05) is 77.1 Å². The number of carbonyl (C=O) groups excluding carboxylic acids is 2. The number of carbonyl (C=O) groups is 3. The van der Waals surface area contributed by atoms with E-state index in [1.807, 2.05) is 20.8 Å². The third kappa shape index (κ3) is 33.2. The molecule has 2 aliphatic heterocycles. The summed E-state index contributed by atoms with van der Waals surface area (Å²) in [4.78, 5) is 102. The molecule has 1 fully saturated rings. The predicted molar refractivity (Wildman–Crippen MR) is 367 cm³/mol. The number of phosphoric ester groups is 1. The molecular weight excluding hydrogens is 1520 g/mol. The van der Waals surface area contributed by atoms with Gasteiger partial charge in [-0.2, -0.15) is 8.62 Å². The summed E-state index contributed by atoms with van der Waals surface area (Å²) >= 11 is 5.31. The zero-order chi connectivity index (χ0) is 75.1. The highest BCUT2D eigenvalue weighted by atomic mass is 33.1. The maximum Gasteiger partial charge on any atom is 0.490 e. The Morgan fingerprint density at radius 3 is 2.16 bits per heavy atom. The van der Waals surface area contributed by atoms with Gasteiger partial charge in [0.15, 0.2) is 5.36 Å². The molecule has 3 heterocycles. The number of nitrogens with one attached hydrogen (secondary N) is 4. The number of carboxylic acid groups (broad SMARTS) is 1. The molecule has 1 aliphatic carbocycles. The molecule has 1 saturated heterocycles. The molecule has 0 radical (unpaired) electrons. The van der Waals surface area contributed by atoms with Crippen LogP contribution in [0.3, 0.4) is 0 Å². The zero-order valence-corrected chi connectivity index (χ0v) is 61.4. The Bertz CT molecular complexity index is 4280. The molecule has 558 valence electrons. The van der Waals surface area contributed by atoms with Crippen molar-refractivity contribution in [2.75, 3.05) is 95.9 Å². The van der Waals surface area contributed by atoms with Crippen molar-refractivity contribution in [2.45, 2.75) is 69.6 Å². The van der Waals surface area contributed by atoms with Crippen molar-refractivity contribution in [2.24, 2.45) is 0 Å². The number of nitrogens with two attached hydrogens (primary N) is 2. The number of H-pyrrole nitrogens is 1. The number of carboxylic acids is 1. The van der Waals surface area contributed by atoms with Gasteiger partial charge in [0.25, 0.3) is 5.56 Å². The first-order valence-corrected chi connectivity index (χ1v) is 40.6. The highest BCUT2D eigenvalue weighted by Gasteiger charge is 2.44. The quantitative estimate of drug-likeness (QED) is 0.00514. The first kappa shape index (κ1) is 86.8. The number of ether oxygens (including phenoxy) is 7. The summed E-state index contributed by atoms with van der Waals surface area (Å²) in [6.45, 7) is 11.4. The van der Waals surface area contributed by atoms with E-state index in [0.717, 1.165) is 10.8 Å². The first-order chi connectivity index (χ1) is 47.5. The minimum absolute atomic E-state index is 0.0233. The maximum atomic E-state index is 12.9. The maximum absolute atomic E-state index is 12.9. The second-order valence-electron chi connectivity index (χ2n) is 20.9. The van der Waals surface area contributed by atoms with Gasteiger partial charge in [-0.1, -0.05) is 62.5 Å². The van der Waals surface area contributed by atoms with Crippen LogP contribution in [0, 0.1) is 11.8 Å². The number of hydrogen-bond acceptors (Lipinski definition) is 30. The van der Waals surface area contributed by atoms with Crippen LogP contribution < -0.4 is 43.7 Å². The average Bonchev–Trinajstić information content (AvgIpc) is 1.26. The van der Waals surface area contributed by atoms with Gasteiger partial charge < -0.3 is 83.9 Å². The molecule has 13 N–H and O–H groups in total. The van der Waals surface area contributed by atoms with Crippen LogP contribution >= 0.6 is 45.1 Å². The van der Waals surface area contributed by atoms with Crippen molar-refractivity contribution in [3.05, 3.63) is 110 Å². The highest BCUT2D eigenvalue weighted by molar-refractivity contribution is 8.77. The van der Waals surface area contributed by atoms with E-state index >= 15 is 0 Å². The lowest BCUT2D eigenvalue weighted by Gasteiger charge is -2.22. The van der Waals surface area contributed by atoms with E-state index in [1.165, 1.54) is 10.8 Å². The molecule has 0 bridgehead atoms. The largest absolute Gasteiger partial charge is 0.490 e. The second-order valence-corrected chi connectivity index (χ2v) is 32.2. The standard InChI is InChI=1S/C55H72N7O24P3S4.2O3S/c1-5-93(90)34-81-46-30-48(84-47(46)32-82-88(72,73)86-89(74,75)85-87(69,70)71)62-31-37(50(63)61-52(62)66)9-8-17-59-53(67)79-21-7-6-20-78-33-91-92-55(3,4)16-22-80-54(68)60-19-24-77-26-25-76-23-18-58-35(2)36-10-13-40(51(64)65)43(27-36)49-41-14-11-38(56)28-44(41)83-45-29-39(57)12-15-42(45)49;2*1-4(2)3/h10-15,27-29,31,46-48,56,58H,2,5-7,16-26,30,32-34,57H2,1,3-4H3,(H,59,67)(H,60,68)(H,64,65)(H,72,73)(H,74,75)(H,61,63,66)(H2,69,70,71);;/p+1/t46?,47-,48-,93?;;/m1../s1. The Kier molecular flexibility index (Phi) is 36.9. The van der Waals surface area contributed by atoms with Crippen LogP contribution in [0.15, 0.2) is 81.4 Å². The first-order valence-electron chi connectivity index (χ1n) is 29.3. The van der Waals surface area contributed by atoms with Gasteiger partial charge in [-0.3, -0.25) is 24.3 Å². The zero-order valence-electron chi connectivity index (χ0n) is 53.8. The van der Waals surface area contributed by atoms with Crippen molar-refractivity contribution >= 4 is 127 Å². The third-order valence-electron chi connectivity index (χ3n) is 12.9. The lowest BCUT2D eigenvalue weighted by molar-refractivity contribution is -0.172. The molecule has 3 aromatic rings. The fraction of sp³-hybridized carbons (Fsp3) is 0.455. The number of benzene rings is 3. The Hall–Kier alpha value is -6.56. The molecule has 0 saturated carbocycles. The number of anilines is 1. The number of hydrogen-bond donors (Lipinski definition) is 11. The Labute approximate surface area is 593 Å². The molecule has 46 heteroatoms. The number of aromatic carboxylic acids is 1. The molecule has 3 aliphatic rings. The topological polar surface area (TPSA) is 554 Å². The van der Waals surface area contributed by atoms with E-state index in [-0.39, 0.29) is 61.1 Å². The van der Waals surface area contributed by atoms with Crippen LogP contribution in [0.5, 0.6) is 0 Å². The monoisotopic (exact) mass is 1600 g/mol. The highest BCUT2D eigenvalue weighted by Crippen LogP contribution is 2.66. The van der Waals surface area contributed by atoms with Gasteiger partial charge in [0.2, 0.25) is 0 Å². The van der Waals surface area contributed by atoms with Crippen molar-refractivity contribution in [3.63, 3.8) is 0 Å². The fourth-order valence-electron chi connectivity index (χ4n) is 8.50. The lowest BCUT2D eigenvalue weighted by atomic mass is 9.89. The van der Waals surface area contributed by atoms with Crippen molar-refractivity contribution in [1.29, 1.82) is 0 Å². The van der Waals surface area contributed by atoms with E-state index < -0.39 is 109 Å². The van der Waals surface area contributed by atoms with Crippen LogP contribution in [-0.4, -0.2) is 185 Å². The third-order valence-corrected chi connectivity index (χ3v) is 21.8. The van der Waals surface area contributed by atoms with E-state index in [1.54, 1.807) is 65.4 Å². The summed E-state index contributed by atoms with van der Waals surface area (Å²) in [6, 6.07) is 15.4. The van der Waals surface area contributed by atoms with Crippen LogP contribution in [0.25, 0.3) is 39.1 Å². The minimum Gasteiger partial charge on any atom is -0.478 e. The number of rotatable bonds is 38. The van der Waals surface area contributed by atoms with Gasteiger partial charge >= 0.3 is 68.5 Å². The average molecular weight is 1600 g/mol. The number of nitrogens with zero attached hydrogens (tertiary/aromatic N) is 1. The summed E-state index contributed by atoms with van der Waals surface area (Å²) in [5.41, 5.74) is 8.15. The summed E-state index contributed by atoms with van der Waals surface area (Å²) in [5.74, 6) is 5.49. The van der Waals surface area contributed by atoms with Crippen molar-refractivity contribution in [3.8, 4) is 34.3 Å². The molecule has 101 heavy (non-hydrogen) atoms. The molecule has 6 rings (SSSR count). The smallest absolute Gasteiger partial charge is 0.478 e. The summed E-state index contributed by atoms with van der Waals surface area (Å²) in [7, 11) is -20.8. The number of amides is 2. The molecule has 1 aromatic heterocycles. The normalized spacial score (nSPS) is 15.7. The summed E-state index contributed by atoms with van der Waals surface area (Å²) < 4.78 is 144. The predicted octanol–water partition coefficient (Wildman–Crippen LogP) is 2.46. The van der Waals surface area contributed by atoms with E-state index in [0.29, 0.717) is 120 Å². The SMILES string of the molecule is C=C(NCCOCCOCCNC(=O)OCCC(C)(C)SSCOCCCCOC(=O)NCC#Cc1cn([C@H]2CC(OCS(=S)CC)[C@@H](COP(=O)(O)OP(=O)(O)OP(=O)(O)O)O2)c(=O)[nH]c1=O)c1ccc(C(=O)O)c(-c2c3ccc(=[NH2+])cc-3oc3cc(N)ccc23)c1.O=S(=O)=O.O=S(=O)=O. The van der Waals surface area contributed by atoms with Gasteiger partial charge in [-0.15, -0.1) is 25.3 Å². The molecule has 4 unspecified atom stereocenters. The van der Waals surface area contributed by atoms with E-state index in [9.17, 15) is 52.6 Å². The number of aromatic nitrogens is 2. The second kappa shape index (κ2) is 42.9. The van der Waals surface area contributed by atoms with Crippen molar-refractivity contribution < 1.29 is 134 Å². The number of phosphoric acid groups is 3. The Balaban J connectivity index is 0.00000256. The number of nitrogen functional groups attached to an aromatic ring is 1. The molecule has 37 nitrogen and oxygen atoms in total. The molecular formula is C55H73N7O30P3S6+. The Morgan fingerprint density at radius 2 is 1.50 bits per heavy atom. The summed E-state index contributed by atoms with van der Waals surface area (Å²) in [5, 5.41) is 25.8. The molecule has 2 amide bonds. The van der Waals surface area contributed by atoms with Crippen LogP contribution in [0.1, 0.15) is 74.2 Å². The number of aromatic amines is 1. The Morgan fingerprint density at radius 1 is 0.842 bits per heavy atom. The van der Waals surface area contributed by atoms with Crippen LogP contribution in [0.4, 0.5) is 15.3 Å².